The lowest BCUT2D eigenvalue weighted by Gasteiger charge is -2.36. The Balaban J connectivity index is 1.85. The number of amides is 3. The first-order valence-corrected chi connectivity index (χ1v) is 6.47. The molecule has 3 amide bonds. The van der Waals surface area contributed by atoms with E-state index in [2.05, 4.69) is 10.2 Å². The molecule has 108 valence electrons. The summed E-state index contributed by atoms with van der Waals surface area (Å²) in [6, 6.07) is 6.92. The van der Waals surface area contributed by atoms with Gasteiger partial charge in [0.25, 0.3) is 0 Å². The number of nitrogens with zero attached hydrogens (tertiary/aromatic N) is 2. The second-order valence-electron chi connectivity index (χ2n) is 4.73. The molecule has 0 saturated carbocycles. The lowest BCUT2D eigenvalue weighted by atomic mass is 10.2. The summed E-state index contributed by atoms with van der Waals surface area (Å²) in [5, 5.41) is 2.07. The number of nitrogens with two attached hydrogens (primary N) is 2. The molecule has 2 rings (SSSR count). The number of nitrogen functional groups attached to an aromatic ring is 1. The van der Waals surface area contributed by atoms with Gasteiger partial charge >= 0.3 is 6.03 Å². The largest absolute Gasteiger partial charge is 0.397 e. The van der Waals surface area contributed by atoms with Crippen LogP contribution in [0.2, 0.25) is 0 Å². The molecule has 1 aliphatic rings. The van der Waals surface area contributed by atoms with Crippen LogP contribution in [-0.2, 0) is 4.79 Å². The van der Waals surface area contributed by atoms with Crippen LogP contribution in [0.1, 0.15) is 0 Å². The van der Waals surface area contributed by atoms with Crippen molar-refractivity contribution in [2.45, 2.75) is 0 Å². The minimum absolute atomic E-state index is 0.182. The molecule has 1 saturated heterocycles. The SMILES string of the molecule is NC(=O)NC(=O)CN1CCN(c2ccccc2N)CC1. The number of anilines is 2. The van der Waals surface area contributed by atoms with Crippen LogP contribution in [0.5, 0.6) is 0 Å². The number of primary amides is 1. The summed E-state index contributed by atoms with van der Waals surface area (Å²) in [6.45, 7) is 3.23. The normalized spacial score (nSPS) is 15.9. The van der Waals surface area contributed by atoms with Gasteiger partial charge in [-0.3, -0.25) is 15.0 Å². The summed E-state index contributed by atoms with van der Waals surface area (Å²) < 4.78 is 0. The van der Waals surface area contributed by atoms with Gasteiger partial charge in [0.15, 0.2) is 0 Å². The number of nitrogens with one attached hydrogen (secondary N) is 1. The minimum atomic E-state index is -0.814. The molecule has 0 aliphatic carbocycles. The van der Waals surface area contributed by atoms with E-state index in [0.717, 1.165) is 37.6 Å². The summed E-state index contributed by atoms with van der Waals surface area (Å²) in [5.41, 5.74) is 12.6. The Labute approximate surface area is 117 Å². The van der Waals surface area contributed by atoms with Gasteiger partial charge in [0, 0.05) is 26.2 Å². The third kappa shape index (κ3) is 3.61. The van der Waals surface area contributed by atoms with E-state index in [9.17, 15) is 9.59 Å². The van der Waals surface area contributed by atoms with Crippen LogP contribution in [0.25, 0.3) is 0 Å². The number of carbonyl (C=O) groups is 2. The average Bonchev–Trinajstić information content (AvgIpc) is 2.39. The van der Waals surface area contributed by atoms with E-state index < -0.39 is 6.03 Å². The zero-order valence-corrected chi connectivity index (χ0v) is 11.2. The fraction of sp³-hybridized carbons (Fsp3) is 0.385. The number of rotatable bonds is 3. The standard InChI is InChI=1S/C13H19N5O2/c14-10-3-1-2-4-11(10)18-7-5-17(6-8-18)9-12(19)16-13(15)20/h1-4H,5-9,14H2,(H3,15,16,19,20). The number of imide groups is 1. The van der Waals surface area contributed by atoms with Crippen molar-refractivity contribution in [1.29, 1.82) is 0 Å². The van der Waals surface area contributed by atoms with Gasteiger partial charge in [-0.25, -0.2) is 4.79 Å². The molecule has 20 heavy (non-hydrogen) atoms. The van der Waals surface area contributed by atoms with E-state index in [0.29, 0.717) is 0 Å². The van der Waals surface area contributed by atoms with Gasteiger partial charge in [0.1, 0.15) is 0 Å². The van der Waals surface area contributed by atoms with E-state index in [1.54, 1.807) is 0 Å². The van der Waals surface area contributed by atoms with Crippen molar-refractivity contribution in [3.05, 3.63) is 24.3 Å². The Bertz CT molecular complexity index is 497. The van der Waals surface area contributed by atoms with E-state index in [-0.39, 0.29) is 12.5 Å². The van der Waals surface area contributed by atoms with E-state index in [1.165, 1.54) is 0 Å². The highest BCUT2D eigenvalue weighted by molar-refractivity contribution is 5.94. The van der Waals surface area contributed by atoms with Gasteiger partial charge in [-0.1, -0.05) is 12.1 Å². The smallest absolute Gasteiger partial charge is 0.318 e. The van der Waals surface area contributed by atoms with E-state index in [4.69, 9.17) is 11.5 Å². The molecule has 1 aromatic rings. The topological polar surface area (TPSA) is 105 Å². The van der Waals surface area contributed by atoms with Crippen molar-refractivity contribution >= 4 is 23.3 Å². The number of hydrogen-bond acceptors (Lipinski definition) is 5. The number of piperazine rings is 1. The molecule has 5 N–H and O–H groups in total. The summed E-state index contributed by atoms with van der Waals surface area (Å²) in [4.78, 5) is 26.2. The average molecular weight is 277 g/mol. The summed E-state index contributed by atoms with van der Waals surface area (Å²) in [6.07, 6.45) is 0. The maximum Gasteiger partial charge on any atom is 0.318 e. The molecule has 0 atom stereocenters. The second-order valence-corrected chi connectivity index (χ2v) is 4.73. The molecule has 1 aromatic carbocycles. The van der Waals surface area contributed by atoms with Crippen molar-refractivity contribution in [2.24, 2.45) is 5.73 Å². The van der Waals surface area contributed by atoms with Gasteiger partial charge in [-0.15, -0.1) is 0 Å². The lowest BCUT2D eigenvalue weighted by Crippen LogP contribution is -2.50. The Morgan fingerprint density at radius 3 is 2.40 bits per heavy atom. The van der Waals surface area contributed by atoms with Gasteiger partial charge in [0.2, 0.25) is 5.91 Å². The van der Waals surface area contributed by atoms with Crippen molar-refractivity contribution in [2.75, 3.05) is 43.4 Å². The predicted octanol–water partition coefficient (Wildman–Crippen LogP) is -0.414. The number of urea groups is 1. The quantitative estimate of drug-likeness (QED) is 0.651. The zero-order valence-electron chi connectivity index (χ0n) is 11.2. The second kappa shape index (κ2) is 6.25. The van der Waals surface area contributed by atoms with Crippen LogP contribution >= 0.6 is 0 Å². The molecular weight excluding hydrogens is 258 g/mol. The Morgan fingerprint density at radius 2 is 1.80 bits per heavy atom. The van der Waals surface area contributed by atoms with Crippen LogP contribution in [0, 0.1) is 0 Å². The first-order valence-electron chi connectivity index (χ1n) is 6.47. The number of para-hydroxylation sites is 2. The Hall–Kier alpha value is -2.28. The third-order valence-corrected chi connectivity index (χ3v) is 3.28. The maximum atomic E-state index is 11.4. The first-order chi connectivity index (χ1) is 9.56. The fourth-order valence-corrected chi connectivity index (χ4v) is 2.30. The highest BCUT2D eigenvalue weighted by Gasteiger charge is 2.20. The van der Waals surface area contributed by atoms with Gasteiger partial charge in [-0.05, 0) is 12.1 Å². The Kier molecular flexibility index (Phi) is 4.41. The molecule has 7 nitrogen and oxygen atoms in total. The molecule has 0 unspecified atom stereocenters. The van der Waals surface area contributed by atoms with Gasteiger partial charge in [-0.2, -0.15) is 0 Å². The lowest BCUT2D eigenvalue weighted by molar-refractivity contribution is -0.121. The number of carbonyl (C=O) groups excluding carboxylic acids is 2. The van der Waals surface area contributed by atoms with Gasteiger partial charge in [0.05, 0.1) is 17.9 Å². The fourth-order valence-electron chi connectivity index (χ4n) is 2.30. The predicted molar refractivity (Wildman–Crippen MR) is 77.2 cm³/mol. The van der Waals surface area contributed by atoms with Crippen molar-refractivity contribution in [3.63, 3.8) is 0 Å². The molecular formula is C13H19N5O2. The Morgan fingerprint density at radius 1 is 1.15 bits per heavy atom. The molecule has 1 heterocycles. The zero-order chi connectivity index (χ0) is 14.5. The first kappa shape index (κ1) is 14.1. The van der Waals surface area contributed by atoms with E-state index in [1.807, 2.05) is 29.2 Å². The monoisotopic (exact) mass is 277 g/mol. The van der Waals surface area contributed by atoms with Crippen LogP contribution in [0.4, 0.5) is 16.2 Å². The maximum absolute atomic E-state index is 11.4. The number of benzene rings is 1. The van der Waals surface area contributed by atoms with Crippen molar-refractivity contribution < 1.29 is 9.59 Å². The highest BCUT2D eigenvalue weighted by atomic mass is 16.2. The van der Waals surface area contributed by atoms with Crippen molar-refractivity contribution in [3.8, 4) is 0 Å². The summed E-state index contributed by atoms with van der Waals surface area (Å²) in [5.74, 6) is -0.370. The minimum Gasteiger partial charge on any atom is -0.397 e. The van der Waals surface area contributed by atoms with Crippen LogP contribution in [0.3, 0.4) is 0 Å². The molecule has 0 bridgehead atoms. The molecule has 1 aliphatic heterocycles. The molecule has 0 spiro atoms. The number of hydrogen-bond donors (Lipinski definition) is 3. The molecule has 7 heteroatoms. The third-order valence-electron chi connectivity index (χ3n) is 3.28. The summed E-state index contributed by atoms with van der Waals surface area (Å²) >= 11 is 0. The van der Waals surface area contributed by atoms with Crippen LogP contribution in [0.15, 0.2) is 24.3 Å². The van der Waals surface area contributed by atoms with Crippen molar-refractivity contribution in [1.82, 2.24) is 10.2 Å². The van der Waals surface area contributed by atoms with Gasteiger partial charge < -0.3 is 16.4 Å². The summed E-state index contributed by atoms with van der Waals surface area (Å²) in [7, 11) is 0. The molecule has 0 aromatic heterocycles. The van der Waals surface area contributed by atoms with Crippen LogP contribution in [-0.4, -0.2) is 49.6 Å². The van der Waals surface area contributed by atoms with Crippen LogP contribution < -0.4 is 21.7 Å². The molecule has 1 fully saturated rings. The highest BCUT2D eigenvalue weighted by Crippen LogP contribution is 2.23. The van der Waals surface area contributed by atoms with E-state index >= 15 is 0 Å². The molecule has 0 radical (unpaired) electrons.